The second-order valence-electron chi connectivity index (χ2n) is 7.20. The van der Waals surface area contributed by atoms with Crippen LogP contribution in [0.5, 0.6) is 5.75 Å². The molecule has 0 bridgehead atoms. The van der Waals surface area contributed by atoms with Crippen LogP contribution in [0.3, 0.4) is 0 Å². The summed E-state index contributed by atoms with van der Waals surface area (Å²) in [7, 11) is 0. The van der Waals surface area contributed by atoms with Crippen molar-refractivity contribution < 1.29 is 4.74 Å². The normalized spacial score (nSPS) is 11.0. The van der Waals surface area contributed by atoms with Crippen LogP contribution in [0, 0.1) is 0 Å². The maximum absolute atomic E-state index is 5.84. The van der Waals surface area contributed by atoms with Crippen LogP contribution in [0.2, 0.25) is 0 Å². The molecule has 0 aliphatic carbocycles. The van der Waals surface area contributed by atoms with Gasteiger partial charge in [0, 0.05) is 6.54 Å². The summed E-state index contributed by atoms with van der Waals surface area (Å²) < 4.78 is 5.84. The van der Waals surface area contributed by atoms with Crippen molar-refractivity contribution in [3.63, 3.8) is 0 Å². The lowest BCUT2D eigenvalue weighted by atomic mass is 10.1. The molecule has 0 spiro atoms. The fourth-order valence-electron chi connectivity index (χ4n) is 3.04. The molecule has 0 saturated heterocycles. The molecule has 0 heterocycles. The van der Waals surface area contributed by atoms with Crippen LogP contribution in [-0.4, -0.2) is 13.2 Å². The lowest BCUT2D eigenvalue weighted by Gasteiger charge is -2.08. The average Bonchev–Trinajstić information content (AvgIpc) is 2.64. The molecule has 144 valence electrons. The molecule has 1 aromatic carbocycles. The number of unbranched alkanes of at least 4 members (excludes halogenated alkanes) is 10. The molecule has 0 amide bonds. The SMILES string of the molecule is CCCCCCCCNCc1ccc(OCCCCCCCC)cc1. The summed E-state index contributed by atoms with van der Waals surface area (Å²) in [5, 5.41) is 3.55. The van der Waals surface area contributed by atoms with Gasteiger partial charge in [0.2, 0.25) is 0 Å². The molecule has 2 heteroatoms. The molecule has 2 nitrogen and oxygen atoms in total. The molecule has 0 aliphatic rings. The van der Waals surface area contributed by atoms with Gasteiger partial charge < -0.3 is 10.1 Å². The molecule has 0 unspecified atom stereocenters. The minimum Gasteiger partial charge on any atom is -0.494 e. The Hall–Kier alpha value is -1.02. The molecule has 0 saturated carbocycles. The van der Waals surface area contributed by atoms with Gasteiger partial charge in [0.15, 0.2) is 0 Å². The Bertz CT molecular complexity index is 388. The van der Waals surface area contributed by atoms with Crippen molar-refractivity contribution in [2.75, 3.05) is 13.2 Å². The first kappa shape index (κ1) is 22.0. The first-order chi connectivity index (χ1) is 12.4. The molecule has 0 radical (unpaired) electrons. The maximum atomic E-state index is 5.84. The van der Waals surface area contributed by atoms with Crippen LogP contribution in [0.1, 0.15) is 96.5 Å². The van der Waals surface area contributed by atoms with Crippen molar-refractivity contribution in [2.45, 2.75) is 97.4 Å². The van der Waals surface area contributed by atoms with E-state index in [1.807, 2.05) is 0 Å². The zero-order valence-electron chi connectivity index (χ0n) is 16.8. The predicted octanol–water partition coefficient (Wildman–Crippen LogP) is 6.88. The van der Waals surface area contributed by atoms with E-state index in [1.165, 1.54) is 82.6 Å². The van der Waals surface area contributed by atoms with E-state index in [-0.39, 0.29) is 0 Å². The van der Waals surface area contributed by atoms with E-state index in [0.29, 0.717) is 0 Å². The maximum Gasteiger partial charge on any atom is 0.119 e. The van der Waals surface area contributed by atoms with Crippen molar-refractivity contribution in [3.8, 4) is 5.75 Å². The molecule has 1 aromatic rings. The minimum atomic E-state index is 0.849. The van der Waals surface area contributed by atoms with Crippen molar-refractivity contribution in [2.24, 2.45) is 0 Å². The van der Waals surface area contributed by atoms with Gasteiger partial charge in [-0.1, -0.05) is 90.2 Å². The summed E-state index contributed by atoms with van der Waals surface area (Å²) in [6, 6.07) is 8.59. The number of hydrogen-bond donors (Lipinski definition) is 1. The van der Waals surface area contributed by atoms with E-state index in [9.17, 15) is 0 Å². The summed E-state index contributed by atoms with van der Waals surface area (Å²) in [4.78, 5) is 0. The van der Waals surface area contributed by atoms with Gasteiger partial charge in [-0.3, -0.25) is 0 Å². The monoisotopic (exact) mass is 347 g/mol. The number of nitrogens with one attached hydrogen (secondary N) is 1. The smallest absolute Gasteiger partial charge is 0.119 e. The standard InChI is InChI=1S/C23H41NO/c1-3-5-7-9-11-13-19-24-21-22-15-17-23(18-16-22)25-20-14-12-10-8-6-4-2/h15-18,24H,3-14,19-21H2,1-2H3. The molecule has 0 aliphatic heterocycles. The lowest BCUT2D eigenvalue weighted by Crippen LogP contribution is -2.14. The van der Waals surface area contributed by atoms with Crippen LogP contribution in [0.25, 0.3) is 0 Å². The topological polar surface area (TPSA) is 21.3 Å². The van der Waals surface area contributed by atoms with Crippen LogP contribution in [0.15, 0.2) is 24.3 Å². The first-order valence-electron chi connectivity index (χ1n) is 10.8. The van der Waals surface area contributed by atoms with Gasteiger partial charge in [0.1, 0.15) is 5.75 Å². The zero-order chi connectivity index (χ0) is 18.0. The Morgan fingerprint density at radius 3 is 1.88 bits per heavy atom. The van der Waals surface area contributed by atoms with Crippen molar-refractivity contribution >= 4 is 0 Å². The largest absolute Gasteiger partial charge is 0.494 e. The van der Waals surface area contributed by atoms with Gasteiger partial charge in [-0.25, -0.2) is 0 Å². The summed E-state index contributed by atoms with van der Waals surface area (Å²) in [5.74, 6) is 1.01. The third-order valence-electron chi connectivity index (χ3n) is 4.73. The average molecular weight is 348 g/mol. The van der Waals surface area contributed by atoms with Crippen molar-refractivity contribution in [3.05, 3.63) is 29.8 Å². The molecule has 1 N–H and O–H groups in total. The highest BCUT2D eigenvalue weighted by atomic mass is 16.5. The second-order valence-corrected chi connectivity index (χ2v) is 7.20. The third-order valence-corrected chi connectivity index (χ3v) is 4.73. The number of hydrogen-bond acceptors (Lipinski definition) is 2. The Morgan fingerprint density at radius 1 is 0.680 bits per heavy atom. The number of ether oxygens (including phenoxy) is 1. The lowest BCUT2D eigenvalue weighted by molar-refractivity contribution is 0.304. The fourth-order valence-corrected chi connectivity index (χ4v) is 3.04. The first-order valence-corrected chi connectivity index (χ1v) is 10.8. The van der Waals surface area contributed by atoms with E-state index in [2.05, 4.69) is 43.4 Å². The van der Waals surface area contributed by atoms with Gasteiger partial charge in [-0.05, 0) is 37.1 Å². The van der Waals surface area contributed by atoms with Crippen LogP contribution < -0.4 is 10.1 Å². The van der Waals surface area contributed by atoms with E-state index in [0.717, 1.165) is 25.4 Å². The highest BCUT2D eigenvalue weighted by molar-refractivity contribution is 5.27. The van der Waals surface area contributed by atoms with Gasteiger partial charge in [0.05, 0.1) is 6.61 Å². The summed E-state index contributed by atoms with van der Waals surface area (Å²) >= 11 is 0. The zero-order valence-corrected chi connectivity index (χ0v) is 16.8. The van der Waals surface area contributed by atoms with E-state index in [1.54, 1.807) is 0 Å². The van der Waals surface area contributed by atoms with E-state index < -0.39 is 0 Å². The predicted molar refractivity (Wildman–Crippen MR) is 110 cm³/mol. The molecule has 0 fully saturated rings. The molecule has 0 aromatic heterocycles. The van der Waals surface area contributed by atoms with E-state index in [4.69, 9.17) is 4.74 Å². The van der Waals surface area contributed by atoms with Crippen molar-refractivity contribution in [1.82, 2.24) is 5.32 Å². The van der Waals surface area contributed by atoms with Crippen LogP contribution in [0.4, 0.5) is 0 Å². The minimum absolute atomic E-state index is 0.849. The fraction of sp³-hybridized carbons (Fsp3) is 0.739. The van der Waals surface area contributed by atoms with Gasteiger partial charge >= 0.3 is 0 Å². The highest BCUT2D eigenvalue weighted by Crippen LogP contribution is 2.13. The molecular weight excluding hydrogens is 306 g/mol. The Labute approximate surface area is 156 Å². The van der Waals surface area contributed by atoms with E-state index >= 15 is 0 Å². The third kappa shape index (κ3) is 12.9. The van der Waals surface area contributed by atoms with Gasteiger partial charge in [-0.2, -0.15) is 0 Å². The summed E-state index contributed by atoms with van der Waals surface area (Å²) in [6.07, 6.45) is 16.0. The Morgan fingerprint density at radius 2 is 1.24 bits per heavy atom. The molecular formula is C23H41NO. The number of benzene rings is 1. The summed E-state index contributed by atoms with van der Waals surface area (Å²) in [5.41, 5.74) is 1.35. The van der Waals surface area contributed by atoms with Crippen LogP contribution >= 0.6 is 0 Å². The Balaban J connectivity index is 2.00. The molecule has 25 heavy (non-hydrogen) atoms. The highest BCUT2D eigenvalue weighted by Gasteiger charge is 1.97. The summed E-state index contributed by atoms with van der Waals surface area (Å²) in [6.45, 7) is 7.47. The second kappa shape index (κ2) is 16.4. The molecule has 1 rings (SSSR count). The van der Waals surface area contributed by atoms with Gasteiger partial charge in [-0.15, -0.1) is 0 Å². The van der Waals surface area contributed by atoms with Crippen molar-refractivity contribution in [1.29, 1.82) is 0 Å². The van der Waals surface area contributed by atoms with Gasteiger partial charge in [0.25, 0.3) is 0 Å². The quantitative estimate of drug-likeness (QED) is 0.310. The molecule has 0 atom stereocenters. The number of rotatable bonds is 17. The Kier molecular flexibility index (Phi) is 14.5. The van der Waals surface area contributed by atoms with Crippen LogP contribution in [-0.2, 0) is 6.54 Å².